The van der Waals surface area contributed by atoms with Crippen molar-refractivity contribution in [3.8, 4) is 0 Å². The molecule has 6 heteroatoms. The van der Waals surface area contributed by atoms with E-state index < -0.39 is 0 Å². The fraction of sp³-hybridized carbons (Fsp3) is 0.333. The van der Waals surface area contributed by atoms with Crippen LogP contribution in [0.1, 0.15) is 53.8 Å². The van der Waals surface area contributed by atoms with Gasteiger partial charge in [0.25, 0.3) is 5.91 Å². The molecule has 1 aliphatic carbocycles. The molecule has 140 valence electrons. The van der Waals surface area contributed by atoms with Crippen LogP contribution >= 0.6 is 15.9 Å². The molecule has 0 unspecified atom stereocenters. The van der Waals surface area contributed by atoms with Crippen LogP contribution in [0.25, 0.3) is 11.6 Å². The van der Waals surface area contributed by atoms with E-state index in [0.717, 1.165) is 52.7 Å². The Morgan fingerprint density at radius 2 is 2.04 bits per heavy atom. The van der Waals surface area contributed by atoms with Gasteiger partial charge in [0.2, 0.25) is 5.91 Å². The van der Waals surface area contributed by atoms with Gasteiger partial charge in [-0.05, 0) is 67.5 Å². The minimum atomic E-state index is -0.301. The highest BCUT2D eigenvalue weighted by Gasteiger charge is 2.26. The Labute approximate surface area is 166 Å². The fourth-order valence-electron chi connectivity index (χ4n) is 4.06. The molecule has 4 rings (SSSR count). The molecule has 1 aromatic heterocycles. The van der Waals surface area contributed by atoms with Crippen LogP contribution in [0.5, 0.6) is 0 Å². The summed E-state index contributed by atoms with van der Waals surface area (Å²) in [7, 11) is 0. The molecule has 0 spiro atoms. The molecule has 0 fully saturated rings. The molecular formula is C21H22BrN3O2. The van der Waals surface area contributed by atoms with E-state index in [1.807, 2.05) is 24.3 Å². The zero-order chi connectivity index (χ0) is 19.0. The maximum atomic E-state index is 12.5. The van der Waals surface area contributed by atoms with Gasteiger partial charge >= 0.3 is 0 Å². The number of primary amides is 1. The van der Waals surface area contributed by atoms with Crippen molar-refractivity contribution < 1.29 is 9.59 Å². The van der Waals surface area contributed by atoms with Crippen LogP contribution in [0.2, 0.25) is 0 Å². The van der Waals surface area contributed by atoms with Gasteiger partial charge in [-0.25, -0.2) is 0 Å². The zero-order valence-electron chi connectivity index (χ0n) is 15.0. The highest BCUT2D eigenvalue weighted by atomic mass is 79.9. The van der Waals surface area contributed by atoms with E-state index in [1.54, 1.807) is 0 Å². The third-order valence-corrected chi connectivity index (χ3v) is 5.86. The summed E-state index contributed by atoms with van der Waals surface area (Å²) in [5, 5.41) is 2.92. The van der Waals surface area contributed by atoms with Gasteiger partial charge in [0.15, 0.2) is 0 Å². The molecule has 27 heavy (non-hydrogen) atoms. The predicted molar refractivity (Wildman–Crippen MR) is 110 cm³/mol. The molecule has 2 aliphatic rings. The SMILES string of the molecule is NC(=O)CCc1c(/C=C2\C(=O)Nc3ccc(Br)cc32)[nH]c2c1CCCCC2. The Bertz CT molecular complexity index is 959. The normalized spacial score (nSPS) is 17.4. The number of halogens is 1. The molecule has 1 aliphatic heterocycles. The lowest BCUT2D eigenvalue weighted by atomic mass is 9.98. The maximum Gasteiger partial charge on any atom is 0.256 e. The molecule has 0 atom stereocenters. The van der Waals surface area contributed by atoms with Gasteiger partial charge in [0.1, 0.15) is 0 Å². The van der Waals surface area contributed by atoms with Crippen molar-refractivity contribution in [1.82, 2.24) is 4.98 Å². The van der Waals surface area contributed by atoms with Crippen molar-refractivity contribution in [1.29, 1.82) is 0 Å². The number of hydrogen-bond acceptors (Lipinski definition) is 2. The van der Waals surface area contributed by atoms with Gasteiger partial charge in [-0.2, -0.15) is 0 Å². The van der Waals surface area contributed by atoms with Crippen molar-refractivity contribution in [3.63, 3.8) is 0 Å². The number of nitrogens with one attached hydrogen (secondary N) is 2. The number of fused-ring (bicyclic) bond motifs is 2. The number of hydrogen-bond donors (Lipinski definition) is 3. The van der Waals surface area contributed by atoms with Crippen molar-refractivity contribution in [3.05, 3.63) is 50.8 Å². The largest absolute Gasteiger partial charge is 0.370 e. The molecule has 4 N–H and O–H groups in total. The van der Waals surface area contributed by atoms with E-state index in [1.165, 1.54) is 17.7 Å². The first kappa shape index (κ1) is 18.0. The molecule has 2 amide bonds. The first-order chi connectivity index (χ1) is 13.0. The van der Waals surface area contributed by atoms with E-state index in [4.69, 9.17) is 5.73 Å². The number of aromatic amines is 1. The number of carbonyl (C=O) groups is 2. The van der Waals surface area contributed by atoms with Gasteiger partial charge in [-0.1, -0.05) is 22.4 Å². The molecule has 2 heterocycles. The summed E-state index contributed by atoms with van der Waals surface area (Å²) in [5.74, 6) is -0.404. The summed E-state index contributed by atoms with van der Waals surface area (Å²) >= 11 is 3.48. The fourth-order valence-corrected chi connectivity index (χ4v) is 4.42. The number of aromatic nitrogens is 1. The monoisotopic (exact) mass is 427 g/mol. The Hall–Kier alpha value is -2.34. The van der Waals surface area contributed by atoms with Crippen LogP contribution in [0.15, 0.2) is 22.7 Å². The number of aryl methyl sites for hydroxylation is 1. The minimum Gasteiger partial charge on any atom is -0.370 e. The summed E-state index contributed by atoms with van der Waals surface area (Å²) in [6.07, 6.45) is 8.40. The maximum absolute atomic E-state index is 12.5. The smallest absolute Gasteiger partial charge is 0.256 e. The van der Waals surface area contributed by atoms with Crippen LogP contribution in [-0.4, -0.2) is 16.8 Å². The molecule has 0 radical (unpaired) electrons. The molecular weight excluding hydrogens is 406 g/mol. The number of amides is 2. The summed E-state index contributed by atoms with van der Waals surface area (Å²) in [6, 6.07) is 5.77. The highest BCUT2D eigenvalue weighted by molar-refractivity contribution is 9.10. The standard InChI is InChI=1S/C21H22BrN3O2/c22-12-6-8-18-15(10-12)16(21(27)25-18)11-19-14(7-9-20(23)26)13-4-2-1-3-5-17(13)24-19/h6,8,10-11,24H,1-5,7,9H2,(H2,23,26)(H,25,27)/b16-11-. The Kier molecular flexibility index (Phi) is 4.91. The van der Waals surface area contributed by atoms with Crippen molar-refractivity contribution in [2.24, 2.45) is 5.73 Å². The Morgan fingerprint density at radius 3 is 2.85 bits per heavy atom. The lowest BCUT2D eigenvalue weighted by Gasteiger charge is -2.05. The number of carbonyl (C=O) groups excluding carboxylic acids is 2. The van der Waals surface area contributed by atoms with Gasteiger partial charge in [-0.3, -0.25) is 9.59 Å². The van der Waals surface area contributed by atoms with E-state index in [9.17, 15) is 9.59 Å². The van der Waals surface area contributed by atoms with Gasteiger partial charge in [-0.15, -0.1) is 0 Å². The topological polar surface area (TPSA) is 88.0 Å². The lowest BCUT2D eigenvalue weighted by molar-refractivity contribution is -0.118. The van der Waals surface area contributed by atoms with E-state index in [-0.39, 0.29) is 11.8 Å². The molecule has 1 aromatic carbocycles. The first-order valence-corrected chi connectivity index (χ1v) is 10.2. The Morgan fingerprint density at radius 1 is 1.22 bits per heavy atom. The number of H-pyrrole nitrogens is 1. The van der Waals surface area contributed by atoms with E-state index >= 15 is 0 Å². The van der Waals surface area contributed by atoms with Crippen LogP contribution in [0, 0.1) is 0 Å². The Balaban J connectivity index is 1.80. The van der Waals surface area contributed by atoms with Gasteiger partial charge in [0, 0.05) is 33.5 Å². The second-order valence-corrected chi connectivity index (χ2v) is 8.12. The summed E-state index contributed by atoms with van der Waals surface area (Å²) in [5.41, 5.74) is 12.4. The predicted octanol–water partition coefficient (Wildman–Crippen LogP) is 3.96. The van der Waals surface area contributed by atoms with Crippen molar-refractivity contribution in [2.45, 2.75) is 44.9 Å². The average molecular weight is 428 g/mol. The van der Waals surface area contributed by atoms with Gasteiger partial charge in [0.05, 0.1) is 5.57 Å². The second kappa shape index (κ2) is 7.35. The number of nitrogens with two attached hydrogens (primary N) is 1. The molecule has 0 saturated carbocycles. The quantitative estimate of drug-likeness (QED) is 0.509. The van der Waals surface area contributed by atoms with Crippen LogP contribution < -0.4 is 11.1 Å². The van der Waals surface area contributed by atoms with Crippen LogP contribution in [-0.2, 0) is 28.9 Å². The molecule has 2 aromatic rings. The van der Waals surface area contributed by atoms with Crippen LogP contribution in [0.4, 0.5) is 5.69 Å². The molecule has 0 saturated heterocycles. The third kappa shape index (κ3) is 3.58. The van der Waals surface area contributed by atoms with Crippen molar-refractivity contribution in [2.75, 3.05) is 5.32 Å². The summed E-state index contributed by atoms with van der Waals surface area (Å²) < 4.78 is 0.930. The lowest BCUT2D eigenvalue weighted by Crippen LogP contribution is -2.12. The molecule has 0 bridgehead atoms. The first-order valence-electron chi connectivity index (χ1n) is 9.37. The highest BCUT2D eigenvalue weighted by Crippen LogP contribution is 2.36. The minimum absolute atomic E-state index is 0.103. The summed E-state index contributed by atoms with van der Waals surface area (Å²) in [4.78, 5) is 27.4. The number of anilines is 1. The summed E-state index contributed by atoms with van der Waals surface area (Å²) in [6.45, 7) is 0. The number of rotatable bonds is 4. The van der Waals surface area contributed by atoms with Crippen molar-refractivity contribution >= 4 is 45.1 Å². The van der Waals surface area contributed by atoms with Gasteiger partial charge < -0.3 is 16.0 Å². The third-order valence-electron chi connectivity index (χ3n) is 5.37. The zero-order valence-corrected chi connectivity index (χ0v) is 16.6. The van der Waals surface area contributed by atoms with Crippen LogP contribution in [0.3, 0.4) is 0 Å². The second-order valence-electron chi connectivity index (χ2n) is 7.20. The molecule has 5 nitrogen and oxygen atoms in total. The van der Waals surface area contributed by atoms with E-state index in [2.05, 4.69) is 26.2 Å². The average Bonchev–Trinajstić information content (AvgIpc) is 2.99. The van der Waals surface area contributed by atoms with E-state index in [0.29, 0.717) is 18.4 Å². The number of benzene rings is 1.